The maximum absolute atomic E-state index is 12.4. The Morgan fingerprint density at radius 3 is 2.70 bits per heavy atom. The molecule has 1 rings (SSSR count). The van der Waals surface area contributed by atoms with Crippen molar-refractivity contribution in [1.82, 2.24) is 5.32 Å². The Hall–Kier alpha value is -0.220. The quantitative estimate of drug-likeness (QED) is 0.603. The molecular formula is C6H11F2NO. The molecule has 0 aliphatic carbocycles. The van der Waals surface area contributed by atoms with E-state index in [1.54, 1.807) is 7.05 Å². The van der Waals surface area contributed by atoms with Gasteiger partial charge in [-0.25, -0.2) is 0 Å². The molecule has 1 atom stereocenters. The first-order chi connectivity index (χ1) is 4.64. The van der Waals surface area contributed by atoms with Gasteiger partial charge in [0, 0.05) is 6.04 Å². The van der Waals surface area contributed by atoms with Crippen LogP contribution < -0.4 is 5.32 Å². The van der Waals surface area contributed by atoms with Crippen LogP contribution in [-0.2, 0) is 4.74 Å². The van der Waals surface area contributed by atoms with Gasteiger partial charge in [0.05, 0.1) is 13.0 Å². The summed E-state index contributed by atoms with van der Waals surface area (Å²) in [6.45, 7) is 0.151. The second-order valence-electron chi connectivity index (χ2n) is 2.46. The molecule has 4 heteroatoms. The summed E-state index contributed by atoms with van der Waals surface area (Å²) in [6, 6.07) is -0.0938. The van der Waals surface area contributed by atoms with Crippen molar-refractivity contribution < 1.29 is 13.5 Å². The van der Waals surface area contributed by atoms with Crippen LogP contribution in [0.25, 0.3) is 0 Å². The first-order valence-electron chi connectivity index (χ1n) is 3.33. The molecule has 0 radical (unpaired) electrons. The normalized spacial score (nSPS) is 32.1. The Labute approximate surface area is 58.6 Å². The summed E-state index contributed by atoms with van der Waals surface area (Å²) in [5.41, 5.74) is 0. The zero-order valence-corrected chi connectivity index (χ0v) is 5.86. The highest BCUT2D eigenvalue weighted by Gasteiger charge is 2.36. The maximum Gasteiger partial charge on any atom is 0.357 e. The molecule has 10 heavy (non-hydrogen) atoms. The summed E-state index contributed by atoms with van der Waals surface area (Å²) in [5, 5.41) is 2.80. The van der Waals surface area contributed by atoms with Crippen LogP contribution >= 0.6 is 0 Å². The summed E-state index contributed by atoms with van der Waals surface area (Å²) in [5.74, 6) is 0. The minimum atomic E-state index is -2.91. The second kappa shape index (κ2) is 2.80. The molecule has 1 aliphatic heterocycles. The van der Waals surface area contributed by atoms with Gasteiger partial charge in [0.1, 0.15) is 0 Å². The molecule has 0 saturated carbocycles. The van der Waals surface area contributed by atoms with Crippen molar-refractivity contribution in [2.45, 2.75) is 25.0 Å². The van der Waals surface area contributed by atoms with Gasteiger partial charge >= 0.3 is 6.11 Å². The van der Waals surface area contributed by atoms with Crippen molar-refractivity contribution in [1.29, 1.82) is 0 Å². The van der Waals surface area contributed by atoms with Gasteiger partial charge in [-0.05, 0) is 13.5 Å². The average molecular weight is 151 g/mol. The number of halogens is 2. The number of ether oxygens (including phenoxy) is 1. The third kappa shape index (κ3) is 1.88. The van der Waals surface area contributed by atoms with Crippen LogP contribution in [0.15, 0.2) is 0 Å². The van der Waals surface area contributed by atoms with Gasteiger partial charge in [-0.1, -0.05) is 0 Å². The molecule has 1 heterocycles. The number of nitrogens with one attached hydrogen (secondary N) is 1. The van der Waals surface area contributed by atoms with Crippen LogP contribution in [0.5, 0.6) is 0 Å². The first kappa shape index (κ1) is 7.88. The number of alkyl halides is 2. The lowest BCUT2D eigenvalue weighted by Gasteiger charge is -2.28. The van der Waals surface area contributed by atoms with Crippen molar-refractivity contribution in [3.8, 4) is 0 Å². The van der Waals surface area contributed by atoms with E-state index in [2.05, 4.69) is 10.1 Å². The van der Waals surface area contributed by atoms with E-state index < -0.39 is 6.11 Å². The fraction of sp³-hybridized carbons (Fsp3) is 1.00. The number of hydrogen-bond donors (Lipinski definition) is 1. The van der Waals surface area contributed by atoms with Crippen LogP contribution in [0.4, 0.5) is 8.78 Å². The fourth-order valence-corrected chi connectivity index (χ4v) is 1.04. The minimum absolute atomic E-state index is 0.0938. The molecule has 0 amide bonds. The molecular weight excluding hydrogens is 140 g/mol. The Bertz CT molecular complexity index is 118. The van der Waals surface area contributed by atoms with E-state index in [1.165, 1.54) is 0 Å². The number of hydrogen-bond acceptors (Lipinski definition) is 2. The molecule has 1 fully saturated rings. The highest BCUT2D eigenvalue weighted by Crippen LogP contribution is 2.27. The van der Waals surface area contributed by atoms with Crippen LogP contribution in [0.3, 0.4) is 0 Å². The van der Waals surface area contributed by atoms with E-state index in [1.807, 2.05) is 0 Å². The molecule has 0 bridgehead atoms. The standard InChI is InChI=1S/C6H11F2NO/c1-9-5-2-3-10-6(7,8)4-5/h5,9H,2-4H2,1H3. The minimum Gasteiger partial charge on any atom is -0.320 e. The van der Waals surface area contributed by atoms with Crippen molar-refractivity contribution in [2.24, 2.45) is 0 Å². The molecule has 0 spiro atoms. The largest absolute Gasteiger partial charge is 0.357 e. The third-order valence-corrected chi connectivity index (χ3v) is 1.67. The molecule has 0 aromatic rings. The molecule has 1 unspecified atom stereocenters. The monoisotopic (exact) mass is 151 g/mol. The van der Waals surface area contributed by atoms with Gasteiger partial charge in [-0.2, -0.15) is 8.78 Å². The average Bonchev–Trinajstić information content (AvgIpc) is 1.86. The summed E-state index contributed by atoms with van der Waals surface area (Å²) in [7, 11) is 1.69. The van der Waals surface area contributed by atoms with E-state index in [4.69, 9.17) is 0 Å². The topological polar surface area (TPSA) is 21.3 Å². The van der Waals surface area contributed by atoms with E-state index in [0.29, 0.717) is 6.42 Å². The van der Waals surface area contributed by atoms with Crippen molar-refractivity contribution in [3.05, 3.63) is 0 Å². The van der Waals surface area contributed by atoms with E-state index in [0.717, 1.165) is 0 Å². The smallest absolute Gasteiger partial charge is 0.320 e. The lowest BCUT2D eigenvalue weighted by Crippen LogP contribution is -2.40. The predicted octanol–water partition coefficient (Wildman–Crippen LogP) is 0.978. The van der Waals surface area contributed by atoms with Crippen molar-refractivity contribution in [3.63, 3.8) is 0 Å². The third-order valence-electron chi connectivity index (χ3n) is 1.67. The summed E-state index contributed by atoms with van der Waals surface area (Å²) < 4.78 is 29.0. The Kier molecular flexibility index (Phi) is 2.21. The summed E-state index contributed by atoms with van der Waals surface area (Å²) in [4.78, 5) is 0. The second-order valence-corrected chi connectivity index (χ2v) is 2.46. The fourth-order valence-electron chi connectivity index (χ4n) is 1.04. The predicted molar refractivity (Wildman–Crippen MR) is 33.0 cm³/mol. The van der Waals surface area contributed by atoms with Crippen LogP contribution in [-0.4, -0.2) is 25.8 Å². The zero-order chi connectivity index (χ0) is 7.61. The molecule has 2 nitrogen and oxygen atoms in total. The van der Waals surface area contributed by atoms with Gasteiger partial charge in [0.2, 0.25) is 0 Å². The first-order valence-corrected chi connectivity index (χ1v) is 3.33. The van der Waals surface area contributed by atoms with Crippen LogP contribution in [0, 0.1) is 0 Å². The SMILES string of the molecule is CNC1CCOC(F)(F)C1. The summed E-state index contributed by atoms with van der Waals surface area (Å²) in [6.07, 6.45) is -2.44. The van der Waals surface area contributed by atoms with E-state index >= 15 is 0 Å². The maximum atomic E-state index is 12.4. The van der Waals surface area contributed by atoms with Gasteiger partial charge in [0.25, 0.3) is 0 Å². The lowest BCUT2D eigenvalue weighted by atomic mass is 10.1. The highest BCUT2D eigenvalue weighted by atomic mass is 19.3. The van der Waals surface area contributed by atoms with Crippen molar-refractivity contribution >= 4 is 0 Å². The molecule has 1 saturated heterocycles. The molecule has 0 aromatic carbocycles. The van der Waals surface area contributed by atoms with Crippen LogP contribution in [0.1, 0.15) is 12.8 Å². The van der Waals surface area contributed by atoms with E-state index in [-0.39, 0.29) is 19.1 Å². The number of rotatable bonds is 1. The Morgan fingerprint density at radius 1 is 1.60 bits per heavy atom. The van der Waals surface area contributed by atoms with Crippen molar-refractivity contribution in [2.75, 3.05) is 13.7 Å². The Morgan fingerprint density at radius 2 is 2.30 bits per heavy atom. The Balaban J connectivity index is 2.40. The van der Waals surface area contributed by atoms with Gasteiger partial charge in [-0.3, -0.25) is 0 Å². The molecule has 1 aliphatic rings. The van der Waals surface area contributed by atoms with Gasteiger partial charge in [0.15, 0.2) is 0 Å². The van der Waals surface area contributed by atoms with E-state index in [9.17, 15) is 8.78 Å². The lowest BCUT2D eigenvalue weighted by molar-refractivity contribution is -0.262. The van der Waals surface area contributed by atoms with Gasteiger partial charge < -0.3 is 10.1 Å². The zero-order valence-electron chi connectivity index (χ0n) is 5.86. The molecule has 0 aromatic heterocycles. The van der Waals surface area contributed by atoms with Gasteiger partial charge in [-0.15, -0.1) is 0 Å². The molecule has 60 valence electrons. The van der Waals surface area contributed by atoms with Crippen LogP contribution in [0.2, 0.25) is 0 Å². The summed E-state index contributed by atoms with van der Waals surface area (Å²) >= 11 is 0. The highest BCUT2D eigenvalue weighted by molar-refractivity contribution is 4.73. The molecule has 1 N–H and O–H groups in total.